The minimum Gasteiger partial charge on any atom is -0.0654 e. The van der Waals surface area contributed by atoms with Gasteiger partial charge < -0.3 is 0 Å². The van der Waals surface area contributed by atoms with E-state index in [4.69, 9.17) is 0 Å². The fourth-order valence-corrected chi connectivity index (χ4v) is 3.31. The van der Waals surface area contributed by atoms with Crippen LogP contribution >= 0.6 is 0 Å². The normalized spacial score (nSPS) is 11.6. The lowest BCUT2D eigenvalue weighted by atomic mass is 9.85. The van der Waals surface area contributed by atoms with Crippen LogP contribution in [0, 0.1) is 0 Å². The zero-order chi connectivity index (χ0) is 15.7. The monoisotopic (exact) mass is 288 g/mol. The van der Waals surface area contributed by atoms with E-state index in [9.17, 15) is 0 Å². The van der Waals surface area contributed by atoms with Gasteiger partial charge in [0.1, 0.15) is 0 Å². The van der Waals surface area contributed by atoms with Crippen LogP contribution in [0.4, 0.5) is 0 Å². The summed E-state index contributed by atoms with van der Waals surface area (Å²) in [7, 11) is 0. The van der Waals surface area contributed by atoms with Crippen molar-refractivity contribution in [2.45, 2.75) is 97.8 Å². The van der Waals surface area contributed by atoms with E-state index in [0.29, 0.717) is 5.92 Å². The van der Waals surface area contributed by atoms with Crippen molar-refractivity contribution in [1.82, 2.24) is 0 Å². The molecule has 0 N–H and O–H groups in total. The number of unbranched alkanes of at least 4 members (excludes halogenated alkanes) is 2. The molecule has 0 radical (unpaired) electrons. The van der Waals surface area contributed by atoms with Crippen LogP contribution in [0.5, 0.6) is 0 Å². The van der Waals surface area contributed by atoms with Gasteiger partial charge in [0, 0.05) is 0 Å². The second-order valence-corrected chi connectivity index (χ2v) is 6.84. The fraction of sp³-hybridized carbons (Fsp3) is 0.714. The molecule has 0 aliphatic heterocycles. The van der Waals surface area contributed by atoms with Crippen LogP contribution in [0.15, 0.2) is 18.2 Å². The summed E-state index contributed by atoms with van der Waals surface area (Å²) >= 11 is 0. The maximum atomic E-state index is 2.54. The van der Waals surface area contributed by atoms with Crippen LogP contribution in [0.2, 0.25) is 0 Å². The van der Waals surface area contributed by atoms with Gasteiger partial charge in [-0.05, 0) is 47.8 Å². The van der Waals surface area contributed by atoms with Crippen molar-refractivity contribution < 1.29 is 0 Å². The lowest BCUT2D eigenvalue weighted by molar-refractivity contribution is 0.524. The number of aryl methyl sites for hydroxylation is 1. The number of rotatable bonds is 10. The number of hydrogen-bond donors (Lipinski definition) is 0. The van der Waals surface area contributed by atoms with Crippen molar-refractivity contribution >= 4 is 0 Å². The zero-order valence-electron chi connectivity index (χ0n) is 15.0. The molecule has 21 heavy (non-hydrogen) atoms. The van der Waals surface area contributed by atoms with Crippen LogP contribution in [0.1, 0.15) is 108 Å². The Hall–Kier alpha value is -0.780. The molecule has 0 spiro atoms. The summed E-state index contributed by atoms with van der Waals surface area (Å²) in [5.74, 6) is 1.42. The quantitative estimate of drug-likeness (QED) is 0.426. The predicted molar refractivity (Wildman–Crippen MR) is 96.3 cm³/mol. The molecule has 0 heteroatoms. The first-order chi connectivity index (χ1) is 10.1. The van der Waals surface area contributed by atoms with Gasteiger partial charge in [-0.3, -0.25) is 0 Å². The molecule has 1 aromatic carbocycles. The van der Waals surface area contributed by atoms with E-state index >= 15 is 0 Å². The summed E-state index contributed by atoms with van der Waals surface area (Å²) in [6.45, 7) is 11.5. The van der Waals surface area contributed by atoms with E-state index in [-0.39, 0.29) is 0 Å². The highest BCUT2D eigenvalue weighted by molar-refractivity contribution is 5.36. The molecule has 0 aliphatic carbocycles. The van der Waals surface area contributed by atoms with Crippen LogP contribution in [-0.4, -0.2) is 0 Å². The van der Waals surface area contributed by atoms with Crippen molar-refractivity contribution in [3.63, 3.8) is 0 Å². The van der Waals surface area contributed by atoms with E-state index in [1.54, 1.807) is 16.7 Å². The Balaban J connectivity index is 2.98. The number of benzene rings is 1. The fourth-order valence-electron chi connectivity index (χ4n) is 3.31. The Bertz CT molecular complexity index is 381. The topological polar surface area (TPSA) is 0 Å². The third-order valence-corrected chi connectivity index (χ3v) is 4.59. The van der Waals surface area contributed by atoms with Crippen molar-refractivity contribution in [3.8, 4) is 0 Å². The molecule has 0 saturated carbocycles. The largest absolute Gasteiger partial charge is 0.0654 e. The SMILES string of the molecule is CCCCC(CCCC)c1ccc(C(C)C)c(CCC)c1. The third-order valence-electron chi connectivity index (χ3n) is 4.59. The second kappa shape index (κ2) is 10.0. The van der Waals surface area contributed by atoms with Gasteiger partial charge in [0.25, 0.3) is 0 Å². The summed E-state index contributed by atoms with van der Waals surface area (Å²) in [5.41, 5.74) is 4.76. The van der Waals surface area contributed by atoms with E-state index in [0.717, 1.165) is 5.92 Å². The van der Waals surface area contributed by atoms with E-state index in [1.165, 1.54) is 51.4 Å². The standard InChI is InChI=1S/C21H36/c1-6-9-12-18(13-10-7-2)19-14-15-21(17(4)5)20(16-19)11-8-3/h14-18H,6-13H2,1-5H3. The summed E-state index contributed by atoms with van der Waals surface area (Å²) in [4.78, 5) is 0. The summed E-state index contributed by atoms with van der Waals surface area (Å²) in [6, 6.07) is 7.37. The van der Waals surface area contributed by atoms with Gasteiger partial charge in [0.05, 0.1) is 0 Å². The predicted octanol–water partition coefficient (Wildman–Crippen LogP) is 7.23. The van der Waals surface area contributed by atoms with E-state index in [1.807, 2.05) is 0 Å². The molecule has 0 saturated heterocycles. The minimum absolute atomic E-state index is 0.644. The Labute approximate surface area is 133 Å². The summed E-state index contributed by atoms with van der Waals surface area (Å²) in [5, 5.41) is 0. The molecule has 0 bridgehead atoms. The molecule has 0 nitrogen and oxygen atoms in total. The van der Waals surface area contributed by atoms with Gasteiger partial charge in [-0.2, -0.15) is 0 Å². The molecular weight excluding hydrogens is 252 g/mol. The smallest absolute Gasteiger partial charge is 0.0162 e. The van der Waals surface area contributed by atoms with Crippen molar-refractivity contribution in [2.75, 3.05) is 0 Å². The average molecular weight is 289 g/mol. The highest BCUT2D eigenvalue weighted by atomic mass is 14.2. The molecule has 0 unspecified atom stereocenters. The maximum absolute atomic E-state index is 2.54. The Morgan fingerprint density at radius 1 is 0.857 bits per heavy atom. The van der Waals surface area contributed by atoms with Gasteiger partial charge in [-0.25, -0.2) is 0 Å². The van der Waals surface area contributed by atoms with E-state index in [2.05, 4.69) is 52.8 Å². The molecule has 120 valence electrons. The zero-order valence-corrected chi connectivity index (χ0v) is 15.0. The maximum Gasteiger partial charge on any atom is -0.0162 e. The van der Waals surface area contributed by atoms with Gasteiger partial charge in [-0.1, -0.05) is 84.9 Å². The Morgan fingerprint density at radius 2 is 1.48 bits per heavy atom. The third kappa shape index (κ3) is 5.85. The highest BCUT2D eigenvalue weighted by Crippen LogP contribution is 2.31. The number of hydrogen-bond acceptors (Lipinski definition) is 0. The summed E-state index contributed by atoms with van der Waals surface area (Å²) in [6.07, 6.45) is 10.6. The molecule has 0 aromatic heterocycles. The minimum atomic E-state index is 0.644. The van der Waals surface area contributed by atoms with E-state index < -0.39 is 0 Å². The van der Waals surface area contributed by atoms with Crippen molar-refractivity contribution in [3.05, 3.63) is 34.9 Å². The molecule has 1 rings (SSSR count). The molecule has 0 atom stereocenters. The Morgan fingerprint density at radius 3 is 1.95 bits per heavy atom. The second-order valence-electron chi connectivity index (χ2n) is 6.84. The first-order valence-corrected chi connectivity index (χ1v) is 9.26. The molecule has 0 amide bonds. The van der Waals surface area contributed by atoms with Gasteiger partial charge in [0.2, 0.25) is 0 Å². The van der Waals surface area contributed by atoms with Gasteiger partial charge in [0.15, 0.2) is 0 Å². The van der Waals surface area contributed by atoms with Crippen LogP contribution in [-0.2, 0) is 6.42 Å². The summed E-state index contributed by atoms with van der Waals surface area (Å²) < 4.78 is 0. The van der Waals surface area contributed by atoms with Crippen molar-refractivity contribution in [1.29, 1.82) is 0 Å². The lowest BCUT2D eigenvalue weighted by Crippen LogP contribution is -2.03. The van der Waals surface area contributed by atoms with Crippen LogP contribution in [0.25, 0.3) is 0 Å². The first-order valence-electron chi connectivity index (χ1n) is 9.26. The molecule has 0 aliphatic rings. The van der Waals surface area contributed by atoms with Crippen LogP contribution in [0.3, 0.4) is 0 Å². The van der Waals surface area contributed by atoms with Crippen LogP contribution < -0.4 is 0 Å². The Kier molecular flexibility index (Phi) is 8.73. The molecular formula is C21H36. The average Bonchev–Trinajstić information content (AvgIpc) is 2.47. The van der Waals surface area contributed by atoms with Crippen molar-refractivity contribution in [2.24, 2.45) is 0 Å². The lowest BCUT2D eigenvalue weighted by Gasteiger charge is -2.20. The molecule has 0 heterocycles. The van der Waals surface area contributed by atoms with Gasteiger partial charge in [-0.15, -0.1) is 0 Å². The van der Waals surface area contributed by atoms with Gasteiger partial charge >= 0.3 is 0 Å². The first kappa shape index (κ1) is 18.3. The molecule has 0 fully saturated rings. The highest BCUT2D eigenvalue weighted by Gasteiger charge is 2.14. The molecule has 1 aromatic rings.